The minimum atomic E-state index is -0.522. The van der Waals surface area contributed by atoms with Crippen molar-refractivity contribution in [2.75, 3.05) is 12.4 Å². The summed E-state index contributed by atoms with van der Waals surface area (Å²) in [4.78, 5) is 24.8. The van der Waals surface area contributed by atoms with Crippen molar-refractivity contribution in [3.63, 3.8) is 0 Å². The lowest BCUT2D eigenvalue weighted by atomic mass is 10.0. The van der Waals surface area contributed by atoms with Gasteiger partial charge in [-0.05, 0) is 52.0 Å². The van der Waals surface area contributed by atoms with Crippen LogP contribution in [0.15, 0.2) is 66.7 Å². The third-order valence-corrected chi connectivity index (χ3v) is 6.03. The Balaban J connectivity index is 1.53. The maximum Gasteiger partial charge on any atom is 0.412 e. The lowest BCUT2D eigenvalue weighted by Gasteiger charge is -2.10. The number of fused-ring (bicyclic) bond motifs is 1. The molecule has 162 valence electrons. The van der Waals surface area contributed by atoms with E-state index in [0.717, 1.165) is 38.0 Å². The third kappa shape index (κ3) is 4.95. The smallest absolute Gasteiger partial charge is 0.412 e. The van der Waals surface area contributed by atoms with Crippen LogP contribution in [0.2, 0.25) is 0 Å². The second kappa shape index (κ2) is 9.62. The molecule has 0 aliphatic rings. The van der Waals surface area contributed by atoms with Crippen molar-refractivity contribution < 1.29 is 19.1 Å². The fourth-order valence-corrected chi connectivity index (χ4v) is 4.20. The van der Waals surface area contributed by atoms with E-state index in [4.69, 9.17) is 9.47 Å². The molecule has 1 amide bonds. The second-order valence-corrected chi connectivity index (χ2v) is 8.08. The van der Waals surface area contributed by atoms with Gasteiger partial charge in [-0.2, -0.15) is 4.37 Å². The molecule has 3 aromatic carbocycles. The lowest BCUT2D eigenvalue weighted by molar-refractivity contribution is -0.139. The van der Waals surface area contributed by atoms with Gasteiger partial charge in [0.25, 0.3) is 0 Å². The summed E-state index contributed by atoms with van der Waals surface area (Å²) in [5, 5.41) is 4.90. The van der Waals surface area contributed by atoms with Crippen LogP contribution in [0, 0.1) is 6.92 Å². The van der Waals surface area contributed by atoms with Crippen molar-refractivity contribution >= 4 is 40.1 Å². The molecule has 0 aliphatic heterocycles. The number of aryl methyl sites for hydroxylation is 1. The molecule has 0 spiro atoms. The van der Waals surface area contributed by atoms with E-state index in [0.29, 0.717) is 5.69 Å². The summed E-state index contributed by atoms with van der Waals surface area (Å²) >= 11 is 1.33. The summed E-state index contributed by atoms with van der Waals surface area (Å²) in [6.07, 6.45) is -0.284. The van der Waals surface area contributed by atoms with Crippen molar-refractivity contribution in [1.29, 1.82) is 0 Å². The molecule has 0 saturated heterocycles. The average Bonchev–Trinajstić information content (AvgIpc) is 3.17. The van der Waals surface area contributed by atoms with E-state index in [1.807, 2.05) is 73.7 Å². The Kier molecular flexibility index (Phi) is 6.47. The molecule has 32 heavy (non-hydrogen) atoms. The molecule has 0 radical (unpaired) electrons. The maximum atomic E-state index is 12.4. The number of carbonyl (C=O) groups excluding carboxylic acids is 2. The Morgan fingerprint density at radius 1 is 0.969 bits per heavy atom. The highest BCUT2D eigenvalue weighted by atomic mass is 32.1. The lowest BCUT2D eigenvalue weighted by Crippen LogP contribution is -2.14. The highest BCUT2D eigenvalue weighted by molar-refractivity contribution is 7.10. The first-order valence-corrected chi connectivity index (χ1v) is 10.8. The Hall–Kier alpha value is -3.71. The molecule has 0 bridgehead atoms. The standard InChI is InChI=1S/C25H22N2O4S/c1-16-23(26-25(29)31-15-17-6-4-3-5-7-17)24(32-27-16)21-11-10-19-12-18(13-22(28)30-2)8-9-20(19)14-21/h3-12,14H,13,15H2,1-2H3,(H,26,29). The molecule has 1 heterocycles. The van der Waals surface area contributed by atoms with Crippen LogP contribution in [0.5, 0.6) is 0 Å². The summed E-state index contributed by atoms with van der Waals surface area (Å²) in [6, 6.07) is 21.4. The number of anilines is 1. The SMILES string of the molecule is COC(=O)Cc1ccc2cc(-c3snc(C)c3NC(=O)OCc3ccccc3)ccc2c1. The maximum absolute atomic E-state index is 12.4. The van der Waals surface area contributed by atoms with E-state index in [2.05, 4.69) is 9.69 Å². The molecular formula is C25H22N2O4S. The molecule has 0 unspecified atom stereocenters. The summed E-state index contributed by atoms with van der Waals surface area (Å²) in [7, 11) is 1.38. The van der Waals surface area contributed by atoms with Crippen LogP contribution in [0.1, 0.15) is 16.8 Å². The number of benzene rings is 3. The third-order valence-electron chi connectivity index (χ3n) is 5.05. The van der Waals surface area contributed by atoms with E-state index < -0.39 is 6.09 Å². The predicted molar refractivity (Wildman–Crippen MR) is 126 cm³/mol. The fourth-order valence-electron chi connectivity index (χ4n) is 3.36. The fraction of sp³-hybridized carbons (Fsp3) is 0.160. The van der Waals surface area contributed by atoms with Crippen LogP contribution in [0.25, 0.3) is 21.2 Å². The summed E-state index contributed by atoms with van der Waals surface area (Å²) in [6.45, 7) is 2.05. The zero-order chi connectivity index (χ0) is 22.5. The topological polar surface area (TPSA) is 77.5 Å². The van der Waals surface area contributed by atoms with Gasteiger partial charge in [-0.3, -0.25) is 10.1 Å². The van der Waals surface area contributed by atoms with E-state index in [1.54, 1.807) is 0 Å². The minimum Gasteiger partial charge on any atom is -0.469 e. The quantitative estimate of drug-likeness (QED) is 0.382. The van der Waals surface area contributed by atoms with E-state index in [9.17, 15) is 9.59 Å². The van der Waals surface area contributed by atoms with Crippen molar-refractivity contribution in [3.05, 3.63) is 83.6 Å². The van der Waals surface area contributed by atoms with Crippen LogP contribution >= 0.6 is 11.5 Å². The van der Waals surface area contributed by atoms with Gasteiger partial charge in [0, 0.05) is 0 Å². The Bertz CT molecular complexity index is 1270. The van der Waals surface area contributed by atoms with Gasteiger partial charge in [0.05, 0.1) is 29.8 Å². The molecule has 0 saturated carbocycles. The normalized spacial score (nSPS) is 10.7. The first-order valence-electron chi connectivity index (χ1n) is 10.1. The number of nitrogens with zero attached hydrogens (tertiary/aromatic N) is 1. The molecule has 0 fully saturated rings. The molecular weight excluding hydrogens is 424 g/mol. The zero-order valence-electron chi connectivity index (χ0n) is 17.8. The first kappa shape index (κ1) is 21.5. The van der Waals surface area contributed by atoms with Crippen molar-refractivity contribution in [2.45, 2.75) is 20.0 Å². The Morgan fingerprint density at radius 2 is 1.72 bits per heavy atom. The van der Waals surface area contributed by atoms with Crippen molar-refractivity contribution in [2.24, 2.45) is 0 Å². The number of amides is 1. The minimum absolute atomic E-state index is 0.197. The molecule has 1 N–H and O–H groups in total. The average molecular weight is 447 g/mol. The van der Waals surface area contributed by atoms with Crippen molar-refractivity contribution in [1.82, 2.24) is 4.37 Å². The van der Waals surface area contributed by atoms with E-state index in [1.165, 1.54) is 18.6 Å². The highest BCUT2D eigenvalue weighted by Crippen LogP contribution is 2.36. The monoisotopic (exact) mass is 446 g/mol. The largest absolute Gasteiger partial charge is 0.469 e. The summed E-state index contributed by atoms with van der Waals surface area (Å²) in [5.74, 6) is -0.268. The Labute approximate surface area is 190 Å². The van der Waals surface area contributed by atoms with Gasteiger partial charge in [0.2, 0.25) is 0 Å². The summed E-state index contributed by atoms with van der Waals surface area (Å²) in [5.41, 5.74) is 4.14. The molecule has 7 heteroatoms. The van der Waals surface area contributed by atoms with Gasteiger partial charge >= 0.3 is 12.1 Å². The van der Waals surface area contributed by atoms with E-state index in [-0.39, 0.29) is 19.0 Å². The number of ether oxygens (including phenoxy) is 2. The number of methoxy groups -OCH3 is 1. The highest BCUT2D eigenvalue weighted by Gasteiger charge is 2.16. The van der Waals surface area contributed by atoms with Crippen molar-refractivity contribution in [3.8, 4) is 10.4 Å². The molecule has 6 nitrogen and oxygen atoms in total. The number of hydrogen-bond donors (Lipinski definition) is 1. The number of aromatic nitrogens is 1. The first-order chi connectivity index (χ1) is 15.5. The van der Waals surface area contributed by atoms with Gasteiger partial charge in [-0.15, -0.1) is 0 Å². The van der Waals surface area contributed by atoms with Crippen LogP contribution in [0.4, 0.5) is 10.5 Å². The van der Waals surface area contributed by atoms with Gasteiger partial charge in [0.15, 0.2) is 0 Å². The van der Waals surface area contributed by atoms with Gasteiger partial charge in [0.1, 0.15) is 6.61 Å². The van der Waals surface area contributed by atoms with Crippen LogP contribution in [0.3, 0.4) is 0 Å². The summed E-state index contributed by atoms with van der Waals surface area (Å²) < 4.78 is 14.5. The molecule has 0 aliphatic carbocycles. The zero-order valence-corrected chi connectivity index (χ0v) is 18.6. The van der Waals surface area contributed by atoms with Crippen LogP contribution in [-0.4, -0.2) is 23.5 Å². The second-order valence-electron chi connectivity index (χ2n) is 7.31. The predicted octanol–water partition coefficient (Wildman–Crippen LogP) is 5.74. The number of rotatable bonds is 6. The molecule has 4 rings (SSSR count). The van der Waals surface area contributed by atoms with Gasteiger partial charge in [-0.25, -0.2) is 4.79 Å². The van der Waals surface area contributed by atoms with Gasteiger partial charge < -0.3 is 9.47 Å². The number of nitrogens with one attached hydrogen (secondary N) is 1. The molecule has 1 aromatic heterocycles. The molecule has 4 aromatic rings. The van der Waals surface area contributed by atoms with Gasteiger partial charge in [-0.1, -0.05) is 60.7 Å². The molecule has 0 atom stereocenters. The number of carbonyl (C=O) groups is 2. The number of esters is 1. The Morgan fingerprint density at radius 3 is 2.50 bits per heavy atom. The van der Waals surface area contributed by atoms with Crippen LogP contribution < -0.4 is 5.32 Å². The van der Waals surface area contributed by atoms with Crippen LogP contribution in [-0.2, 0) is 27.3 Å². The number of hydrogen-bond acceptors (Lipinski definition) is 6. The van der Waals surface area contributed by atoms with E-state index >= 15 is 0 Å².